The number of ether oxygens (including phenoxy) is 1. The first-order valence-electron chi connectivity index (χ1n) is 9.40. The molecule has 5 nitrogen and oxygen atoms in total. The van der Waals surface area contributed by atoms with Gasteiger partial charge in [-0.25, -0.2) is 0 Å². The van der Waals surface area contributed by atoms with Crippen LogP contribution in [0.5, 0.6) is 5.75 Å². The van der Waals surface area contributed by atoms with Crippen molar-refractivity contribution in [3.8, 4) is 5.75 Å². The van der Waals surface area contributed by atoms with Gasteiger partial charge in [-0.2, -0.15) is 0 Å². The summed E-state index contributed by atoms with van der Waals surface area (Å²) in [5.74, 6) is 0.330. The highest BCUT2D eigenvalue weighted by Crippen LogP contribution is 2.43. The molecule has 5 heteroatoms. The molecule has 3 atom stereocenters. The van der Waals surface area contributed by atoms with Gasteiger partial charge in [0.05, 0.1) is 18.9 Å². The number of carbonyl (C=O) groups excluding carboxylic acids is 2. The van der Waals surface area contributed by atoms with Crippen molar-refractivity contribution < 1.29 is 14.3 Å². The van der Waals surface area contributed by atoms with Crippen LogP contribution in [-0.4, -0.2) is 25.0 Å². The Hall–Kier alpha value is -2.82. The van der Waals surface area contributed by atoms with Crippen LogP contribution >= 0.6 is 0 Å². The highest BCUT2D eigenvalue weighted by atomic mass is 16.5. The molecule has 2 aromatic carbocycles. The molecule has 1 N–H and O–H groups in total. The number of nitrogens with one attached hydrogen (secondary N) is 1. The number of hydrogen-bond acceptors (Lipinski definition) is 3. The number of hydrogen-bond donors (Lipinski definition) is 1. The standard InChI is InChI=1S/C22H24N2O3/c1-14-11-15-7-3-5-9-19(15)24(14)22(26)18-12-17(18)21(25)23-13-16-8-4-6-10-20(16)27-2/h3-10,14,17-18H,11-13H2,1-2H3,(H,23,25). The summed E-state index contributed by atoms with van der Waals surface area (Å²) in [6.07, 6.45) is 1.50. The zero-order chi connectivity index (χ0) is 19.0. The van der Waals surface area contributed by atoms with Crippen LogP contribution in [0.25, 0.3) is 0 Å². The predicted octanol–water partition coefficient (Wildman–Crippen LogP) is 2.93. The first-order valence-corrected chi connectivity index (χ1v) is 9.40. The van der Waals surface area contributed by atoms with Crippen molar-refractivity contribution in [3.63, 3.8) is 0 Å². The molecule has 0 bridgehead atoms. The molecule has 2 amide bonds. The number of carbonyl (C=O) groups is 2. The van der Waals surface area contributed by atoms with Crippen LogP contribution in [0.2, 0.25) is 0 Å². The summed E-state index contributed by atoms with van der Waals surface area (Å²) in [6.45, 7) is 2.47. The maximum absolute atomic E-state index is 13.0. The first-order chi connectivity index (χ1) is 13.1. The minimum absolute atomic E-state index is 0.0561. The summed E-state index contributed by atoms with van der Waals surface area (Å²) in [4.78, 5) is 27.4. The lowest BCUT2D eigenvalue weighted by Crippen LogP contribution is -2.38. The van der Waals surface area contributed by atoms with E-state index in [0.29, 0.717) is 13.0 Å². The molecule has 0 radical (unpaired) electrons. The zero-order valence-electron chi connectivity index (χ0n) is 15.6. The van der Waals surface area contributed by atoms with E-state index in [1.165, 1.54) is 5.56 Å². The van der Waals surface area contributed by atoms with Crippen LogP contribution in [0.4, 0.5) is 5.69 Å². The SMILES string of the molecule is COc1ccccc1CNC(=O)C1CC1C(=O)N1c2ccccc2CC1C. The Morgan fingerprint density at radius 1 is 1.11 bits per heavy atom. The molecule has 1 aliphatic carbocycles. The van der Waals surface area contributed by atoms with Crippen molar-refractivity contribution in [2.45, 2.75) is 32.4 Å². The zero-order valence-corrected chi connectivity index (χ0v) is 15.6. The van der Waals surface area contributed by atoms with Crippen molar-refractivity contribution in [1.29, 1.82) is 0 Å². The fourth-order valence-electron chi connectivity index (χ4n) is 4.00. The Bertz CT molecular complexity index is 879. The summed E-state index contributed by atoms with van der Waals surface area (Å²) in [5, 5.41) is 2.95. The molecule has 1 fully saturated rings. The fraction of sp³-hybridized carbons (Fsp3) is 0.364. The fourth-order valence-corrected chi connectivity index (χ4v) is 4.00. The Balaban J connectivity index is 1.38. The van der Waals surface area contributed by atoms with E-state index in [0.717, 1.165) is 23.4 Å². The molecule has 0 spiro atoms. The second-order valence-corrected chi connectivity index (χ2v) is 7.37. The third kappa shape index (κ3) is 3.29. The van der Waals surface area contributed by atoms with E-state index in [1.807, 2.05) is 47.4 Å². The average molecular weight is 364 g/mol. The van der Waals surface area contributed by atoms with Crippen molar-refractivity contribution >= 4 is 17.5 Å². The van der Waals surface area contributed by atoms with Crippen molar-refractivity contribution in [2.75, 3.05) is 12.0 Å². The van der Waals surface area contributed by atoms with Crippen molar-refractivity contribution in [2.24, 2.45) is 11.8 Å². The van der Waals surface area contributed by atoms with E-state index >= 15 is 0 Å². The van der Waals surface area contributed by atoms with Crippen molar-refractivity contribution in [3.05, 3.63) is 59.7 Å². The molecule has 1 saturated carbocycles. The van der Waals surface area contributed by atoms with E-state index in [4.69, 9.17) is 4.74 Å². The van der Waals surface area contributed by atoms with E-state index < -0.39 is 0 Å². The molecule has 0 aromatic heterocycles. The third-order valence-corrected chi connectivity index (χ3v) is 5.53. The van der Waals surface area contributed by atoms with Crippen LogP contribution in [0.1, 0.15) is 24.5 Å². The maximum atomic E-state index is 13.0. The number of amides is 2. The molecule has 0 saturated heterocycles. The van der Waals surface area contributed by atoms with Gasteiger partial charge in [0.1, 0.15) is 5.75 Å². The minimum atomic E-state index is -0.229. The van der Waals surface area contributed by atoms with Gasteiger partial charge in [-0.3, -0.25) is 9.59 Å². The normalized spacial score (nSPS) is 22.9. The van der Waals surface area contributed by atoms with E-state index in [9.17, 15) is 9.59 Å². The van der Waals surface area contributed by atoms with Crippen LogP contribution in [-0.2, 0) is 22.6 Å². The topological polar surface area (TPSA) is 58.6 Å². The molecular formula is C22H24N2O3. The van der Waals surface area contributed by atoms with Crippen LogP contribution < -0.4 is 15.0 Å². The molecule has 2 aromatic rings. The Morgan fingerprint density at radius 3 is 2.67 bits per heavy atom. The number of methoxy groups -OCH3 is 1. The molecule has 4 rings (SSSR count). The van der Waals surface area contributed by atoms with Gasteiger partial charge in [-0.05, 0) is 37.5 Å². The molecule has 2 aliphatic rings. The lowest BCUT2D eigenvalue weighted by molar-refractivity contribution is -0.126. The van der Waals surface area contributed by atoms with Gasteiger partial charge in [-0.1, -0.05) is 36.4 Å². The monoisotopic (exact) mass is 364 g/mol. The van der Waals surface area contributed by atoms with Gasteiger partial charge < -0.3 is 15.0 Å². The first kappa shape index (κ1) is 17.6. The predicted molar refractivity (Wildman–Crippen MR) is 104 cm³/mol. The summed E-state index contributed by atoms with van der Waals surface area (Å²) < 4.78 is 5.31. The van der Waals surface area contributed by atoms with Gasteiger partial charge in [0.15, 0.2) is 0 Å². The highest BCUT2D eigenvalue weighted by Gasteiger charge is 2.51. The van der Waals surface area contributed by atoms with Crippen LogP contribution in [0, 0.1) is 11.8 Å². The second-order valence-electron chi connectivity index (χ2n) is 7.37. The minimum Gasteiger partial charge on any atom is -0.496 e. The largest absolute Gasteiger partial charge is 0.496 e. The summed E-state index contributed by atoms with van der Waals surface area (Å²) in [5.41, 5.74) is 3.13. The Morgan fingerprint density at radius 2 is 1.85 bits per heavy atom. The third-order valence-electron chi connectivity index (χ3n) is 5.53. The van der Waals surface area contributed by atoms with Crippen molar-refractivity contribution in [1.82, 2.24) is 5.32 Å². The lowest BCUT2D eigenvalue weighted by Gasteiger charge is -2.23. The summed E-state index contributed by atoms with van der Waals surface area (Å²) in [7, 11) is 1.62. The smallest absolute Gasteiger partial charge is 0.231 e. The summed E-state index contributed by atoms with van der Waals surface area (Å²) in [6, 6.07) is 15.8. The number of rotatable bonds is 5. The number of fused-ring (bicyclic) bond motifs is 1. The molecular weight excluding hydrogens is 340 g/mol. The quantitative estimate of drug-likeness (QED) is 0.887. The van der Waals surface area contributed by atoms with Gasteiger partial charge >= 0.3 is 0 Å². The summed E-state index contributed by atoms with van der Waals surface area (Å²) >= 11 is 0. The van der Waals surface area contributed by atoms with Gasteiger partial charge in [0, 0.05) is 23.8 Å². The number of para-hydroxylation sites is 2. The molecule has 140 valence electrons. The molecule has 27 heavy (non-hydrogen) atoms. The van der Waals surface area contributed by atoms with Gasteiger partial charge in [0.2, 0.25) is 11.8 Å². The molecule has 1 heterocycles. The van der Waals surface area contributed by atoms with Crippen LogP contribution in [0.15, 0.2) is 48.5 Å². The average Bonchev–Trinajstić information content (AvgIpc) is 3.42. The number of benzene rings is 2. The van der Waals surface area contributed by atoms with Gasteiger partial charge in [0.25, 0.3) is 0 Å². The number of anilines is 1. The lowest BCUT2D eigenvalue weighted by atomic mass is 10.1. The molecule has 1 aliphatic heterocycles. The number of nitrogens with zero attached hydrogens (tertiary/aromatic N) is 1. The van der Waals surface area contributed by atoms with Crippen LogP contribution in [0.3, 0.4) is 0 Å². The Labute approximate surface area is 159 Å². The second kappa shape index (κ2) is 7.06. The van der Waals surface area contributed by atoms with E-state index in [2.05, 4.69) is 18.3 Å². The van der Waals surface area contributed by atoms with E-state index in [-0.39, 0.29) is 29.7 Å². The molecule has 3 unspecified atom stereocenters. The Kier molecular flexibility index (Phi) is 4.60. The highest BCUT2D eigenvalue weighted by molar-refractivity contribution is 6.02. The van der Waals surface area contributed by atoms with Gasteiger partial charge in [-0.15, -0.1) is 0 Å². The van der Waals surface area contributed by atoms with E-state index in [1.54, 1.807) is 7.11 Å². The maximum Gasteiger partial charge on any atom is 0.231 e.